The zero-order valence-electron chi connectivity index (χ0n) is 15.9. The molecule has 4 aromatic rings. The summed E-state index contributed by atoms with van der Waals surface area (Å²) in [6, 6.07) is 22.4. The van der Waals surface area contributed by atoms with Crippen molar-refractivity contribution in [2.24, 2.45) is 5.10 Å². The fourth-order valence-electron chi connectivity index (χ4n) is 3.93. The first-order valence-electron chi connectivity index (χ1n) is 9.55. The van der Waals surface area contributed by atoms with Crippen LogP contribution in [-0.4, -0.2) is 10.7 Å². The highest BCUT2D eigenvalue weighted by Gasteiger charge is 2.32. The van der Waals surface area contributed by atoms with Crippen LogP contribution in [-0.2, 0) is 0 Å². The minimum absolute atomic E-state index is 0.00568. The summed E-state index contributed by atoms with van der Waals surface area (Å²) in [4.78, 5) is 3.36. The van der Waals surface area contributed by atoms with E-state index in [1.54, 1.807) is 6.07 Å². The molecule has 0 saturated heterocycles. The molecule has 0 amide bonds. The van der Waals surface area contributed by atoms with Gasteiger partial charge in [0.25, 0.3) is 0 Å². The van der Waals surface area contributed by atoms with E-state index < -0.39 is 0 Å². The van der Waals surface area contributed by atoms with Gasteiger partial charge in [-0.25, -0.2) is 0 Å². The van der Waals surface area contributed by atoms with Crippen molar-refractivity contribution < 1.29 is 0 Å². The van der Waals surface area contributed by atoms with E-state index in [1.807, 2.05) is 24.4 Å². The van der Waals surface area contributed by atoms with E-state index in [2.05, 4.69) is 59.4 Å². The highest BCUT2D eigenvalue weighted by Crippen LogP contribution is 2.40. The molecule has 2 heterocycles. The molecule has 29 heavy (non-hydrogen) atoms. The van der Waals surface area contributed by atoms with E-state index in [4.69, 9.17) is 28.3 Å². The molecule has 3 nitrogen and oxygen atoms in total. The number of aromatic amines is 1. The van der Waals surface area contributed by atoms with Crippen molar-refractivity contribution in [2.45, 2.75) is 19.4 Å². The number of fused-ring (bicyclic) bond motifs is 1. The van der Waals surface area contributed by atoms with Gasteiger partial charge in [-0.3, -0.25) is 5.01 Å². The second-order valence-electron chi connectivity index (χ2n) is 7.36. The molecule has 0 bridgehead atoms. The van der Waals surface area contributed by atoms with Crippen LogP contribution in [0.25, 0.3) is 10.9 Å². The Bertz CT molecular complexity index is 1220. The fraction of sp³-hybridized carbons (Fsp3) is 0.125. The number of para-hydroxylation sites is 1. The number of aryl methyl sites for hydroxylation is 1. The smallest absolute Gasteiger partial charge is 0.0846 e. The number of nitrogens with zero attached hydrogens (tertiary/aromatic N) is 2. The van der Waals surface area contributed by atoms with Crippen molar-refractivity contribution >= 4 is 45.5 Å². The van der Waals surface area contributed by atoms with Crippen molar-refractivity contribution in [3.8, 4) is 0 Å². The third kappa shape index (κ3) is 3.31. The third-order valence-corrected chi connectivity index (χ3v) is 5.99. The summed E-state index contributed by atoms with van der Waals surface area (Å²) < 4.78 is 0. The zero-order chi connectivity index (χ0) is 20.0. The lowest BCUT2D eigenvalue weighted by atomic mass is 9.97. The highest BCUT2D eigenvalue weighted by molar-refractivity contribution is 6.35. The van der Waals surface area contributed by atoms with E-state index in [0.29, 0.717) is 10.0 Å². The molecule has 0 saturated carbocycles. The van der Waals surface area contributed by atoms with Gasteiger partial charge in [-0.05, 0) is 42.8 Å². The van der Waals surface area contributed by atoms with Crippen LogP contribution in [0.1, 0.15) is 29.2 Å². The first-order valence-corrected chi connectivity index (χ1v) is 10.3. The second kappa shape index (κ2) is 7.25. The van der Waals surface area contributed by atoms with Crippen molar-refractivity contribution in [3.63, 3.8) is 0 Å². The summed E-state index contributed by atoms with van der Waals surface area (Å²) in [5.41, 5.74) is 6.57. The van der Waals surface area contributed by atoms with Crippen LogP contribution in [0.15, 0.2) is 78.0 Å². The molecule has 5 heteroatoms. The molecule has 0 fully saturated rings. The molecule has 0 spiro atoms. The van der Waals surface area contributed by atoms with Gasteiger partial charge in [0.2, 0.25) is 0 Å². The summed E-state index contributed by atoms with van der Waals surface area (Å²) in [5.74, 6) is 0. The Kier molecular flexibility index (Phi) is 4.57. The lowest BCUT2D eigenvalue weighted by molar-refractivity contribution is 0.709. The molecule has 3 aromatic carbocycles. The average Bonchev–Trinajstić information content (AvgIpc) is 3.33. The number of rotatable bonds is 3. The van der Waals surface area contributed by atoms with Crippen LogP contribution in [0.5, 0.6) is 0 Å². The molecule has 1 N–H and O–H groups in total. The summed E-state index contributed by atoms with van der Waals surface area (Å²) >= 11 is 12.7. The lowest BCUT2D eigenvalue weighted by Gasteiger charge is -2.25. The number of H-pyrrole nitrogens is 1. The van der Waals surface area contributed by atoms with Gasteiger partial charge in [-0.1, -0.05) is 65.2 Å². The highest BCUT2D eigenvalue weighted by atomic mass is 35.5. The number of hydrogen-bond donors (Lipinski definition) is 1. The van der Waals surface area contributed by atoms with Gasteiger partial charge in [-0.15, -0.1) is 0 Å². The standard InChI is InChI=1S/C24H19Cl2N3/c1-15-6-9-17(10-7-15)29-24(19-11-8-16(25)12-21(19)26)13-23(28-29)20-14-27-22-5-3-2-4-18(20)22/h2-12,14,24,27H,13H2,1H3. The maximum absolute atomic E-state index is 6.59. The van der Waals surface area contributed by atoms with Crippen molar-refractivity contribution in [3.05, 3.63) is 99.7 Å². The van der Waals surface area contributed by atoms with Crippen molar-refractivity contribution in [1.82, 2.24) is 4.98 Å². The maximum atomic E-state index is 6.59. The number of aromatic nitrogens is 1. The van der Waals surface area contributed by atoms with Crippen LogP contribution in [0.3, 0.4) is 0 Å². The van der Waals surface area contributed by atoms with Crippen LogP contribution >= 0.6 is 23.2 Å². The number of hydrogen-bond acceptors (Lipinski definition) is 2. The van der Waals surface area contributed by atoms with E-state index in [0.717, 1.165) is 34.5 Å². The van der Waals surface area contributed by atoms with E-state index in [9.17, 15) is 0 Å². The van der Waals surface area contributed by atoms with Crippen molar-refractivity contribution in [1.29, 1.82) is 0 Å². The molecule has 0 aliphatic carbocycles. The molecular formula is C24H19Cl2N3. The average molecular weight is 420 g/mol. The number of halogens is 2. The molecule has 5 rings (SSSR count). The van der Waals surface area contributed by atoms with Gasteiger partial charge in [0.1, 0.15) is 0 Å². The fourth-order valence-corrected chi connectivity index (χ4v) is 4.47. The Morgan fingerprint density at radius 3 is 2.59 bits per heavy atom. The monoisotopic (exact) mass is 419 g/mol. The Hall–Kier alpha value is -2.75. The summed E-state index contributed by atoms with van der Waals surface area (Å²) in [6.45, 7) is 2.09. The predicted molar refractivity (Wildman–Crippen MR) is 122 cm³/mol. The van der Waals surface area contributed by atoms with E-state index >= 15 is 0 Å². The topological polar surface area (TPSA) is 31.4 Å². The predicted octanol–water partition coefficient (Wildman–Crippen LogP) is 7.14. The Labute approximate surface area is 179 Å². The number of anilines is 1. The normalized spacial score (nSPS) is 16.4. The minimum Gasteiger partial charge on any atom is -0.360 e. The van der Waals surface area contributed by atoms with E-state index in [1.165, 1.54) is 10.9 Å². The summed E-state index contributed by atoms with van der Waals surface area (Å²) in [5, 5.41) is 9.59. The van der Waals surface area contributed by atoms with Crippen molar-refractivity contribution in [2.75, 3.05) is 5.01 Å². The van der Waals surface area contributed by atoms with Gasteiger partial charge < -0.3 is 4.98 Å². The molecule has 0 radical (unpaired) electrons. The van der Waals surface area contributed by atoms with Crippen LogP contribution in [0.2, 0.25) is 10.0 Å². The summed E-state index contributed by atoms with van der Waals surface area (Å²) in [6.07, 6.45) is 2.81. The van der Waals surface area contributed by atoms with Crippen LogP contribution in [0.4, 0.5) is 5.69 Å². The van der Waals surface area contributed by atoms with E-state index in [-0.39, 0.29) is 6.04 Å². The summed E-state index contributed by atoms with van der Waals surface area (Å²) in [7, 11) is 0. The van der Waals surface area contributed by atoms with Crippen LogP contribution < -0.4 is 5.01 Å². The second-order valence-corrected chi connectivity index (χ2v) is 8.20. The van der Waals surface area contributed by atoms with Gasteiger partial charge in [0, 0.05) is 39.1 Å². The zero-order valence-corrected chi connectivity index (χ0v) is 17.4. The number of hydrazone groups is 1. The number of nitrogens with one attached hydrogen (secondary N) is 1. The van der Waals surface area contributed by atoms with Gasteiger partial charge in [0.15, 0.2) is 0 Å². The number of benzene rings is 3. The quantitative estimate of drug-likeness (QED) is 0.375. The van der Waals surface area contributed by atoms with Gasteiger partial charge in [0.05, 0.1) is 17.4 Å². The third-order valence-electron chi connectivity index (χ3n) is 5.43. The minimum atomic E-state index is 0.00568. The first kappa shape index (κ1) is 18.3. The Morgan fingerprint density at radius 1 is 1.00 bits per heavy atom. The molecule has 1 aromatic heterocycles. The molecule has 1 atom stereocenters. The maximum Gasteiger partial charge on any atom is 0.0846 e. The Morgan fingerprint density at radius 2 is 1.79 bits per heavy atom. The Balaban J connectivity index is 1.62. The lowest BCUT2D eigenvalue weighted by Crippen LogP contribution is -2.18. The molecule has 1 unspecified atom stereocenters. The molecule has 144 valence electrons. The van der Waals surface area contributed by atoms with Gasteiger partial charge >= 0.3 is 0 Å². The first-order chi connectivity index (χ1) is 14.1. The SMILES string of the molecule is Cc1ccc(N2N=C(c3c[nH]c4ccccc34)CC2c2ccc(Cl)cc2Cl)cc1. The molecule has 1 aliphatic heterocycles. The molecule has 1 aliphatic rings. The van der Waals surface area contributed by atoms with Gasteiger partial charge in [-0.2, -0.15) is 5.10 Å². The van der Waals surface area contributed by atoms with Crippen LogP contribution in [0, 0.1) is 6.92 Å². The largest absolute Gasteiger partial charge is 0.360 e. The molecular weight excluding hydrogens is 401 g/mol.